The smallest absolute Gasteiger partial charge is 0.336 e. The molecule has 1 atom stereocenters. The zero-order chi connectivity index (χ0) is 23.9. The van der Waals surface area contributed by atoms with Gasteiger partial charge in [-0.1, -0.05) is 54.6 Å². The number of aromatic nitrogens is 1. The molecule has 1 aliphatic rings. The van der Waals surface area contributed by atoms with E-state index in [1.807, 2.05) is 36.4 Å². The van der Waals surface area contributed by atoms with Crippen LogP contribution < -0.4 is 5.32 Å². The summed E-state index contributed by atoms with van der Waals surface area (Å²) >= 11 is 0. The lowest BCUT2D eigenvalue weighted by Gasteiger charge is -2.11. The summed E-state index contributed by atoms with van der Waals surface area (Å²) < 4.78 is 8.43. The van der Waals surface area contributed by atoms with Crippen molar-refractivity contribution in [2.45, 2.75) is 18.9 Å². The maximum atomic E-state index is 12.8. The van der Waals surface area contributed by atoms with Crippen molar-refractivity contribution in [1.82, 2.24) is 4.57 Å². The molecule has 1 amide bonds. The highest BCUT2D eigenvalue weighted by Crippen LogP contribution is 2.42. The Morgan fingerprint density at radius 2 is 1.77 bits per heavy atom. The second-order valence-electron chi connectivity index (χ2n) is 8.76. The molecule has 0 radical (unpaired) electrons. The maximum absolute atomic E-state index is 12.8. The quantitative estimate of drug-likeness (QED) is 0.329. The monoisotopic (exact) mass is 462 g/mol. The second-order valence-corrected chi connectivity index (χ2v) is 8.76. The number of carboxylic acids is 1. The number of carboxylic acid groups (broad SMARTS) is 1. The van der Waals surface area contributed by atoms with Crippen LogP contribution in [-0.2, 0) is 11.3 Å². The topological polar surface area (TPSA) is 84.5 Å². The fourth-order valence-corrected chi connectivity index (χ4v) is 4.98. The molecule has 3 heterocycles. The first kappa shape index (κ1) is 21.0. The van der Waals surface area contributed by atoms with Gasteiger partial charge in [0.1, 0.15) is 11.5 Å². The number of nitrogens with zero attached hydrogens (tertiary/aromatic N) is 1. The Morgan fingerprint density at radius 1 is 0.971 bits per heavy atom. The molecule has 0 aliphatic carbocycles. The predicted octanol–water partition coefficient (Wildman–Crippen LogP) is 6.12. The fraction of sp³-hybridized carbons (Fsp3) is 0.103. The molecule has 5 aromatic rings. The summed E-state index contributed by atoms with van der Waals surface area (Å²) in [6.07, 6.45) is 2.34. The third-order valence-electron chi connectivity index (χ3n) is 6.56. The molecule has 6 nitrogen and oxygen atoms in total. The molecular weight excluding hydrogens is 440 g/mol. The van der Waals surface area contributed by atoms with Crippen LogP contribution in [0.3, 0.4) is 0 Å². The van der Waals surface area contributed by atoms with Crippen molar-refractivity contribution in [1.29, 1.82) is 0 Å². The van der Waals surface area contributed by atoms with Crippen molar-refractivity contribution in [2.24, 2.45) is 0 Å². The van der Waals surface area contributed by atoms with Gasteiger partial charge >= 0.3 is 5.97 Å². The summed E-state index contributed by atoms with van der Waals surface area (Å²) in [5, 5.41) is 13.6. The number of amides is 1. The number of hydrogen-bond donors (Lipinski definition) is 2. The molecule has 2 N–H and O–H groups in total. The number of rotatable bonds is 5. The minimum atomic E-state index is -1.01. The van der Waals surface area contributed by atoms with Crippen LogP contribution in [-0.4, -0.2) is 21.6 Å². The Balaban J connectivity index is 1.47. The SMILES string of the molecule is O=C1C[C@@H](c2ccc(-c3ccccc3C(=O)O)o2)c2cn(Cc3ccccc3)c3cccc(c23)N1. The van der Waals surface area contributed by atoms with Gasteiger partial charge in [-0.05, 0) is 41.5 Å². The molecule has 172 valence electrons. The van der Waals surface area contributed by atoms with Crippen molar-refractivity contribution in [3.63, 3.8) is 0 Å². The van der Waals surface area contributed by atoms with Gasteiger partial charge < -0.3 is 19.4 Å². The molecule has 35 heavy (non-hydrogen) atoms. The molecule has 2 aromatic heterocycles. The Morgan fingerprint density at radius 3 is 2.60 bits per heavy atom. The average molecular weight is 463 g/mol. The molecular formula is C29H22N2O4. The minimum Gasteiger partial charge on any atom is -0.478 e. The number of aromatic carboxylic acids is 1. The molecule has 6 rings (SSSR count). The maximum Gasteiger partial charge on any atom is 0.336 e. The Labute approximate surface area is 201 Å². The Bertz CT molecular complexity index is 1580. The summed E-state index contributed by atoms with van der Waals surface area (Å²) in [7, 11) is 0. The van der Waals surface area contributed by atoms with E-state index < -0.39 is 5.97 Å². The highest BCUT2D eigenvalue weighted by atomic mass is 16.4. The van der Waals surface area contributed by atoms with E-state index in [-0.39, 0.29) is 23.8 Å². The van der Waals surface area contributed by atoms with Gasteiger partial charge in [0.05, 0.1) is 22.7 Å². The molecule has 3 aromatic carbocycles. The lowest BCUT2D eigenvalue weighted by Crippen LogP contribution is -2.13. The van der Waals surface area contributed by atoms with Gasteiger partial charge in [-0.2, -0.15) is 0 Å². The largest absolute Gasteiger partial charge is 0.478 e. The van der Waals surface area contributed by atoms with E-state index in [0.717, 1.165) is 22.2 Å². The lowest BCUT2D eigenvalue weighted by atomic mass is 9.93. The molecule has 0 bridgehead atoms. The van der Waals surface area contributed by atoms with E-state index in [1.54, 1.807) is 30.3 Å². The zero-order valence-electron chi connectivity index (χ0n) is 18.8. The Kier molecular flexibility index (Phi) is 4.99. The van der Waals surface area contributed by atoms with Crippen molar-refractivity contribution < 1.29 is 19.1 Å². The van der Waals surface area contributed by atoms with Gasteiger partial charge in [0, 0.05) is 30.1 Å². The van der Waals surface area contributed by atoms with Gasteiger partial charge in [-0.25, -0.2) is 4.79 Å². The lowest BCUT2D eigenvalue weighted by molar-refractivity contribution is -0.116. The van der Waals surface area contributed by atoms with Crippen molar-refractivity contribution >= 4 is 28.5 Å². The van der Waals surface area contributed by atoms with Crippen LogP contribution in [0.15, 0.2) is 95.5 Å². The number of nitrogens with one attached hydrogen (secondary N) is 1. The van der Waals surface area contributed by atoms with Gasteiger partial charge in [0.25, 0.3) is 0 Å². The second kappa shape index (κ2) is 8.33. The molecule has 0 saturated heterocycles. The van der Waals surface area contributed by atoms with Crippen molar-refractivity contribution in [3.05, 3.63) is 114 Å². The van der Waals surface area contributed by atoms with E-state index >= 15 is 0 Å². The first-order valence-electron chi connectivity index (χ1n) is 11.5. The number of anilines is 1. The third-order valence-corrected chi connectivity index (χ3v) is 6.56. The number of carbonyl (C=O) groups is 2. The van der Waals surface area contributed by atoms with Crippen LogP contribution >= 0.6 is 0 Å². The number of carbonyl (C=O) groups excluding carboxylic acids is 1. The van der Waals surface area contributed by atoms with E-state index in [9.17, 15) is 14.7 Å². The summed E-state index contributed by atoms with van der Waals surface area (Å²) in [6.45, 7) is 0.705. The zero-order valence-corrected chi connectivity index (χ0v) is 18.8. The molecule has 6 heteroatoms. The van der Waals surface area contributed by atoms with Crippen LogP contribution in [0.25, 0.3) is 22.2 Å². The van der Waals surface area contributed by atoms with Crippen LogP contribution in [0.4, 0.5) is 5.69 Å². The van der Waals surface area contributed by atoms with Crippen molar-refractivity contribution in [3.8, 4) is 11.3 Å². The molecule has 0 fully saturated rings. The number of furan rings is 1. The molecule has 0 saturated carbocycles. The van der Waals surface area contributed by atoms with E-state index in [0.29, 0.717) is 23.6 Å². The molecule has 1 aliphatic heterocycles. The van der Waals surface area contributed by atoms with Gasteiger partial charge in [0.15, 0.2) is 0 Å². The van der Waals surface area contributed by atoms with Crippen LogP contribution in [0.2, 0.25) is 0 Å². The van der Waals surface area contributed by atoms with Crippen LogP contribution in [0.5, 0.6) is 0 Å². The number of benzene rings is 3. The highest BCUT2D eigenvalue weighted by Gasteiger charge is 2.30. The van der Waals surface area contributed by atoms with Crippen molar-refractivity contribution in [2.75, 3.05) is 5.32 Å². The van der Waals surface area contributed by atoms with E-state index in [4.69, 9.17) is 4.42 Å². The normalized spacial score (nSPS) is 15.1. The summed E-state index contributed by atoms with van der Waals surface area (Å²) in [4.78, 5) is 24.5. The third kappa shape index (κ3) is 3.69. The van der Waals surface area contributed by atoms with Gasteiger partial charge in [-0.3, -0.25) is 4.79 Å². The van der Waals surface area contributed by atoms with Crippen LogP contribution in [0, 0.1) is 0 Å². The first-order valence-corrected chi connectivity index (χ1v) is 11.5. The predicted molar refractivity (Wildman–Crippen MR) is 134 cm³/mol. The Hall–Kier alpha value is -4.58. The standard InChI is InChI=1S/C29H22N2O4/c32-27-15-21(26-14-13-25(35-26)19-9-4-5-10-20(19)29(33)34)22-17-31(16-18-7-2-1-3-8-18)24-12-6-11-23(30-27)28(22)24/h1-14,17,21H,15-16H2,(H,30,32)(H,33,34)/t21-/m1/s1. The fourth-order valence-electron chi connectivity index (χ4n) is 4.98. The van der Waals surface area contributed by atoms with E-state index in [1.165, 1.54) is 5.56 Å². The molecule has 0 unspecified atom stereocenters. The first-order chi connectivity index (χ1) is 17.1. The van der Waals surface area contributed by atoms with Gasteiger partial charge in [0.2, 0.25) is 5.91 Å². The summed E-state index contributed by atoms with van der Waals surface area (Å²) in [5.74, 6) is -0.302. The summed E-state index contributed by atoms with van der Waals surface area (Å²) in [5.41, 5.74) is 4.71. The molecule has 0 spiro atoms. The summed E-state index contributed by atoms with van der Waals surface area (Å²) in [6, 6.07) is 26.6. The minimum absolute atomic E-state index is 0.0859. The van der Waals surface area contributed by atoms with Crippen LogP contribution in [0.1, 0.15) is 39.6 Å². The number of hydrogen-bond acceptors (Lipinski definition) is 3. The van der Waals surface area contributed by atoms with E-state index in [2.05, 4.69) is 34.3 Å². The highest BCUT2D eigenvalue weighted by molar-refractivity contribution is 6.06. The average Bonchev–Trinajstić information content (AvgIpc) is 3.46. The van der Waals surface area contributed by atoms with Gasteiger partial charge in [-0.15, -0.1) is 0 Å².